The molecule has 34 heavy (non-hydrogen) atoms. The fraction of sp³-hybridized carbons (Fsp3) is 0.0345. The van der Waals surface area contributed by atoms with Gasteiger partial charge in [-0.3, -0.25) is 4.79 Å². The minimum Gasteiger partial charge on any atom is -0.497 e. The number of hydrogen-bond donors (Lipinski definition) is 0. The lowest BCUT2D eigenvalue weighted by molar-refractivity contribution is 0.104. The predicted molar refractivity (Wildman–Crippen MR) is 134 cm³/mol. The third-order valence-electron chi connectivity index (χ3n) is 5.10. The molecule has 0 spiro atoms. The lowest BCUT2D eigenvalue weighted by Gasteiger charge is -2.22. The number of ether oxygens (including phenoxy) is 2. The van der Waals surface area contributed by atoms with Gasteiger partial charge in [-0.1, -0.05) is 54.6 Å². The number of ketones is 1. The van der Waals surface area contributed by atoms with Crippen LogP contribution in [-0.4, -0.2) is 19.0 Å². The summed E-state index contributed by atoms with van der Waals surface area (Å²) < 4.78 is 10.8. The van der Waals surface area contributed by atoms with E-state index in [4.69, 9.17) is 9.47 Å². The number of allylic oxidation sites excluding steroid dienone is 1. The molecule has 0 fully saturated rings. The Morgan fingerprint density at radius 3 is 1.74 bits per heavy atom. The third kappa shape index (κ3) is 5.58. The normalized spacial score (nSPS) is 10.6. The third-order valence-corrected chi connectivity index (χ3v) is 5.10. The minimum atomic E-state index is -0.518. The van der Waals surface area contributed by atoms with Crippen molar-refractivity contribution in [2.24, 2.45) is 0 Å². The Morgan fingerprint density at radius 2 is 1.21 bits per heavy atom. The van der Waals surface area contributed by atoms with Crippen molar-refractivity contribution in [3.63, 3.8) is 0 Å². The van der Waals surface area contributed by atoms with Gasteiger partial charge in [-0.25, -0.2) is 9.69 Å². The molecule has 0 unspecified atom stereocenters. The maximum absolute atomic E-state index is 13.1. The first-order valence-corrected chi connectivity index (χ1v) is 10.7. The Kier molecular flexibility index (Phi) is 7.16. The highest BCUT2D eigenvalue weighted by atomic mass is 16.6. The molecule has 0 N–H and O–H groups in total. The quantitative estimate of drug-likeness (QED) is 0.227. The van der Waals surface area contributed by atoms with E-state index in [0.717, 1.165) is 5.56 Å². The molecule has 0 heterocycles. The summed E-state index contributed by atoms with van der Waals surface area (Å²) in [6.45, 7) is 0. The van der Waals surface area contributed by atoms with Crippen molar-refractivity contribution >= 4 is 29.3 Å². The monoisotopic (exact) mass is 449 g/mol. The summed E-state index contributed by atoms with van der Waals surface area (Å²) in [6.07, 6.45) is 2.71. The van der Waals surface area contributed by atoms with Crippen LogP contribution in [0.4, 0.5) is 16.2 Å². The average molecular weight is 450 g/mol. The Bertz CT molecular complexity index is 1230. The fourth-order valence-electron chi connectivity index (χ4n) is 3.33. The average Bonchev–Trinajstić information content (AvgIpc) is 2.89. The van der Waals surface area contributed by atoms with Gasteiger partial charge < -0.3 is 9.47 Å². The van der Waals surface area contributed by atoms with Crippen molar-refractivity contribution in [3.8, 4) is 11.5 Å². The Morgan fingerprint density at radius 1 is 0.676 bits per heavy atom. The zero-order chi connectivity index (χ0) is 23.8. The van der Waals surface area contributed by atoms with E-state index in [2.05, 4.69) is 0 Å². The standard InChI is InChI=1S/C29H23NO4/c1-33-26-19-15-23(16-20-26)28(31)21-14-22-12-17-27(18-13-22)34-29(32)30(24-8-4-2-5-9-24)25-10-6-3-7-11-25/h2-21H,1H3/b21-14+. The van der Waals surface area contributed by atoms with E-state index in [9.17, 15) is 9.59 Å². The van der Waals surface area contributed by atoms with Crippen molar-refractivity contribution in [2.75, 3.05) is 12.0 Å². The van der Waals surface area contributed by atoms with E-state index in [-0.39, 0.29) is 5.78 Å². The fourth-order valence-corrected chi connectivity index (χ4v) is 3.33. The topological polar surface area (TPSA) is 55.8 Å². The van der Waals surface area contributed by atoms with E-state index >= 15 is 0 Å². The molecule has 0 aliphatic carbocycles. The smallest absolute Gasteiger partial charge is 0.424 e. The number of carbonyl (C=O) groups is 2. The summed E-state index contributed by atoms with van der Waals surface area (Å²) in [7, 11) is 1.58. The molecule has 0 atom stereocenters. The van der Waals surface area contributed by atoms with Crippen LogP contribution >= 0.6 is 0 Å². The van der Waals surface area contributed by atoms with Gasteiger partial charge in [0.2, 0.25) is 0 Å². The Labute approximate surface area is 198 Å². The number of rotatable bonds is 7. The van der Waals surface area contributed by atoms with Crippen LogP contribution in [0.15, 0.2) is 115 Å². The van der Waals surface area contributed by atoms with Crippen LogP contribution in [-0.2, 0) is 0 Å². The van der Waals surface area contributed by atoms with Crippen LogP contribution in [0.25, 0.3) is 6.08 Å². The zero-order valence-corrected chi connectivity index (χ0v) is 18.6. The molecule has 168 valence electrons. The van der Waals surface area contributed by atoms with E-state index in [1.54, 1.807) is 61.7 Å². The molecule has 4 aromatic rings. The summed E-state index contributed by atoms with van der Waals surface area (Å²) in [4.78, 5) is 26.9. The summed E-state index contributed by atoms with van der Waals surface area (Å²) in [6, 6.07) is 32.6. The number of para-hydroxylation sites is 2. The maximum Gasteiger partial charge on any atom is 0.424 e. The molecule has 0 bridgehead atoms. The van der Waals surface area contributed by atoms with Gasteiger partial charge in [0.25, 0.3) is 0 Å². The molecular weight excluding hydrogens is 426 g/mol. The second-order valence-corrected chi connectivity index (χ2v) is 7.37. The van der Waals surface area contributed by atoms with E-state index < -0.39 is 6.09 Å². The number of benzene rings is 4. The summed E-state index contributed by atoms with van der Waals surface area (Å²) in [5.74, 6) is 0.990. The number of anilines is 2. The van der Waals surface area contributed by atoms with Crippen LogP contribution in [0.1, 0.15) is 15.9 Å². The number of methoxy groups -OCH3 is 1. The molecule has 0 saturated carbocycles. The summed E-state index contributed by atoms with van der Waals surface area (Å²) in [5.41, 5.74) is 2.79. The predicted octanol–water partition coefficient (Wildman–Crippen LogP) is 6.93. The molecule has 0 aromatic heterocycles. The highest BCUT2D eigenvalue weighted by molar-refractivity contribution is 6.06. The largest absolute Gasteiger partial charge is 0.497 e. The second kappa shape index (κ2) is 10.8. The van der Waals surface area contributed by atoms with E-state index in [1.807, 2.05) is 60.7 Å². The molecular formula is C29H23NO4. The Balaban J connectivity index is 1.45. The first-order valence-electron chi connectivity index (χ1n) is 10.7. The first kappa shape index (κ1) is 22.6. The Hall–Kier alpha value is -4.64. The molecule has 4 aromatic carbocycles. The van der Waals surface area contributed by atoms with Crippen molar-refractivity contribution < 1.29 is 19.1 Å². The second-order valence-electron chi connectivity index (χ2n) is 7.37. The van der Waals surface area contributed by atoms with Crippen LogP contribution < -0.4 is 14.4 Å². The zero-order valence-electron chi connectivity index (χ0n) is 18.6. The van der Waals surface area contributed by atoms with Crippen molar-refractivity contribution in [2.45, 2.75) is 0 Å². The van der Waals surface area contributed by atoms with Gasteiger partial charge in [0, 0.05) is 5.56 Å². The van der Waals surface area contributed by atoms with Gasteiger partial charge in [0.15, 0.2) is 5.78 Å². The summed E-state index contributed by atoms with van der Waals surface area (Å²) in [5, 5.41) is 0. The van der Waals surface area contributed by atoms with Gasteiger partial charge >= 0.3 is 6.09 Å². The molecule has 0 aliphatic rings. The molecule has 1 amide bonds. The van der Waals surface area contributed by atoms with Gasteiger partial charge in [0.1, 0.15) is 11.5 Å². The van der Waals surface area contributed by atoms with Crippen molar-refractivity contribution in [1.82, 2.24) is 0 Å². The number of amides is 1. The van der Waals surface area contributed by atoms with Crippen molar-refractivity contribution in [1.29, 1.82) is 0 Å². The highest BCUT2D eigenvalue weighted by Gasteiger charge is 2.20. The first-order chi connectivity index (χ1) is 16.6. The lowest BCUT2D eigenvalue weighted by Crippen LogP contribution is -2.29. The maximum atomic E-state index is 13.1. The van der Waals surface area contributed by atoms with Crippen molar-refractivity contribution in [3.05, 3.63) is 126 Å². The molecule has 5 heteroatoms. The minimum absolute atomic E-state index is 0.112. The van der Waals surface area contributed by atoms with Gasteiger partial charge in [0.05, 0.1) is 18.5 Å². The van der Waals surface area contributed by atoms with Crippen LogP contribution in [0.5, 0.6) is 11.5 Å². The van der Waals surface area contributed by atoms with E-state index in [1.165, 1.54) is 11.0 Å². The number of hydrogen-bond acceptors (Lipinski definition) is 4. The number of carbonyl (C=O) groups excluding carboxylic acids is 2. The highest BCUT2D eigenvalue weighted by Crippen LogP contribution is 2.27. The molecule has 5 nitrogen and oxygen atoms in total. The molecule has 0 radical (unpaired) electrons. The van der Waals surface area contributed by atoms with Crippen LogP contribution in [0.2, 0.25) is 0 Å². The SMILES string of the molecule is COc1ccc(C(=O)/C=C/c2ccc(OC(=O)N(c3ccccc3)c3ccccc3)cc2)cc1. The lowest BCUT2D eigenvalue weighted by atomic mass is 10.1. The van der Waals surface area contributed by atoms with Crippen LogP contribution in [0, 0.1) is 0 Å². The number of nitrogens with zero attached hydrogens (tertiary/aromatic N) is 1. The molecule has 4 rings (SSSR count). The molecule has 0 saturated heterocycles. The van der Waals surface area contributed by atoms with Gasteiger partial charge in [-0.2, -0.15) is 0 Å². The molecule has 0 aliphatic heterocycles. The van der Waals surface area contributed by atoms with Gasteiger partial charge in [-0.05, 0) is 72.3 Å². The summed E-state index contributed by atoms with van der Waals surface area (Å²) >= 11 is 0. The van der Waals surface area contributed by atoms with Gasteiger partial charge in [-0.15, -0.1) is 0 Å². The van der Waals surface area contributed by atoms with Crippen LogP contribution in [0.3, 0.4) is 0 Å². The van der Waals surface area contributed by atoms with E-state index in [0.29, 0.717) is 28.4 Å².